The topological polar surface area (TPSA) is 310 Å². The van der Waals surface area contributed by atoms with E-state index in [4.69, 9.17) is 28.4 Å². The number of ketones is 2. The van der Waals surface area contributed by atoms with Crippen molar-refractivity contribution < 1.29 is 88.5 Å². The molecule has 20 heteroatoms. The summed E-state index contributed by atoms with van der Waals surface area (Å²) in [7, 11) is 3.93. The molecule has 1 amide bonds. The molecule has 61 heavy (non-hydrogen) atoms. The van der Waals surface area contributed by atoms with Crippen molar-refractivity contribution in [3.05, 3.63) is 68.8 Å². The molecule has 20 nitrogen and oxygen atoms in total. The van der Waals surface area contributed by atoms with E-state index in [1.54, 1.807) is 14.0 Å². The van der Waals surface area contributed by atoms with Gasteiger partial charge in [0.2, 0.25) is 0 Å². The molecule has 0 bridgehead atoms. The zero-order valence-electron chi connectivity index (χ0n) is 33.6. The highest BCUT2D eigenvalue weighted by Gasteiger charge is 2.51. The maximum absolute atomic E-state index is 14.1. The number of phenolic OH excluding ortho intramolecular Hbond substituents is 3. The van der Waals surface area contributed by atoms with Gasteiger partial charge in [-0.2, -0.15) is 0 Å². The van der Waals surface area contributed by atoms with Crippen molar-refractivity contribution >= 4 is 23.4 Å². The molecular weight excluding hydrogens is 808 g/mol. The van der Waals surface area contributed by atoms with Crippen LogP contribution in [-0.4, -0.2) is 153 Å². The van der Waals surface area contributed by atoms with Gasteiger partial charge in [-0.05, 0) is 56.6 Å². The number of phenols is 3. The summed E-state index contributed by atoms with van der Waals surface area (Å²) < 4.78 is 33.7. The lowest BCUT2D eigenvalue weighted by molar-refractivity contribution is -0.339. The van der Waals surface area contributed by atoms with Gasteiger partial charge in [0.05, 0.1) is 49.7 Å². The quantitative estimate of drug-likeness (QED) is 0.0947. The Kier molecular flexibility index (Phi) is 11.9. The van der Waals surface area contributed by atoms with E-state index in [2.05, 4.69) is 10.6 Å². The molecular formula is C41H46N2O18. The van der Waals surface area contributed by atoms with Gasteiger partial charge in [0, 0.05) is 28.3 Å². The lowest BCUT2D eigenvalue weighted by atomic mass is 9.74. The predicted octanol–water partition coefficient (Wildman–Crippen LogP) is -0.523. The fourth-order valence-electron chi connectivity index (χ4n) is 8.47. The molecule has 0 radical (unpaired) electrons. The Bertz CT molecular complexity index is 2300. The van der Waals surface area contributed by atoms with Crippen LogP contribution in [0.1, 0.15) is 84.9 Å². The Morgan fingerprint density at radius 3 is 2.13 bits per heavy atom. The summed E-state index contributed by atoms with van der Waals surface area (Å²) in [6, 6.07) is 2.76. The van der Waals surface area contributed by atoms with Crippen LogP contribution in [0.5, 0.6) is 23.0 Å². The number of aryl methyl sites for hydroxylation is 1. The number of carbonyl (C=O) groups is 4. The molecule has 12 atom stereocenters. The third kappa shape index (κ3) is 7.17. The first-order chi connectivity index (χ1) is 28.9. The Morgan fingerprint density at radius 1 is 0.820 bits per heavy atom. The number of methoxy groups -OCH3 is 2. The number of aliphatic hydroxyl groups is 5. The molecule has 2 aliphatic heterocycles. The van der Waals surface area contributed by atoms with Crippen LogP contribution >= 0.6 is 0 Å². The van der Waals surface area contributed by atoms with Gasteiger partial charge >= 0.3 is 5.97 Å². The first-order valence-corrected chi connectivity index (χ1v) is 19.2. The third-order valence-electron chi connectivity index (χ3n) is 11.6. The molecule has 3 aromatic carbocycles. The number of ether oxygens (including phenoxy) is 6. The summed E-state index contributed by atoms with van der Waals surface area (Å²) in [4.78, 5) is 54.1. The minimum Gasteiger partial charge on any atom is -0.507 e. The normalized spacial score (nSPS) is 29.7. The highest BCUT2D eigenvalue weighted by molar-refractivity contribution is 6.31. The smallest absolute Gasteiger partial charge is 0.328 e. The Morgan fingerprint density at radius 2 is 1.48 bits per heavy atom. The first-order valence-electron chi connectivity index (χ1n) is 19.2. The van der Waals surface area contributed by atoms with E-state index in [1.807, 2.05) is 0 Å². The number of aliphatic hydroxyl groups excluding tert-OH is 5. The Hall–Kier alpha value is -5.26. The number of amides is 1. The van der Waals surface area contributed by atoms with Gasteiger partial charge in [0.25, 0.3) is 5.91 Å². The number of hydrogen-bond acceptors (Lipinski definition) is 19. The van der Waals surface area contributed by atoms with Gasteiger partial charge in [0.15, 0.2) is 24.1 Å². The first kappa shape index (κ1) is 43.8. The van der Waals surface area contributed by atoms with Gasteiger partial charge < -0.3 is 79.9 Å². The number of aromatic hydroxyl groups is 3. The van der Waals surface area contributed by atoms with Gasteiger partial charge in [0.1, 0.15) is 71.8 Å². The molecule has 11 unspecified atom stereocenters. The zero-order chi connectivity index (χ0) is 44.5. The molecule has 328 valence electrons. The molecule has 0 aromatic heterocycles. The summed E-state index contributed by atoms with van der Waals surface area (Å²) in [6.07, 6.45) is -15.4. The van der Waals surface area contributed by atoms with Crippen LogP contribution in [0.2, 0.25) is 0 Å². The second-order valence-corrected chi connectivity index (χ2v) is 15.3. The third-order valence-corrected chi connectivity index (χ3v) is 11.6. The van der Waals surface area contributed by atoms with E-state index in [0.29, 0.717) is 0 Å². The van der Waals surface area contributed by atoms with Gasteiger partial charge in [-0.3, -0.25) is 14.4 Å². The Labute approximate surface area is 347 Å². The summed E-state index contributed by atoms with van der Waals surface area (Å²) >= 11 is 0. The molecule has 4 aliphatic rings. The molecule has 2 heterocycles. The molecule has 2 aliphatic carbocycles. The minimum atomic E-state index is -1.88. The highest BCUT2D eigenvalue weighted by atomic mass is 16.7. The van der Waals surface area contributed by atoms with Crippen LogP contribution < -0.4 is 15.4 Å². The molecule has 0 saturated carbocycles. The standard InChI is InChI=1S/C41H46N2O18/c1-12-7-19-25(32(50)22(12)38(54)43-13(2)39(55)57-6)24-17(10-18-26(33(24)51)29(47)16-8-15(56-5)9-20(44)23(16)28(18)46)30(48)36(19)60-41-35(53)37(27(42-4)14(3)59-41)61-40-34(52)31(49)21(45)11-58-40/h7-10,13-14,21,27,30-31,34-37,40-42,44-45,48-53H,11H2,1-6H3,(H,43,54)/t13-,14?,21?,27?,30?,31?,34?,35?,36?,37?,40?,41?/m1/s1. The van der Waals surface area contributed by atoms with Crippen LogP contribution in [0.3, 0.4) is 0 Å². The van der Waals surface area contributed by atoms with E-state index in [-0.39, 0.29) is 44.7 Å². The average molecular weight is 855 g/mol. The second kappa shape index (κ2) is 16.5. The minimum absolute atomic E-state index is 0.0259. The predicted molar refractivity (Wildman–Crippen MR) is 205 cm³/mol. The maximum Gasteiger partial charge on any atom is 0.328 e. The van der Waals surface area contributed by atoms with E-state index < -0.39 is 137 Å². The number of fused-ring (bicyclic) bond motifs is 5. The number of esters is 1. The van der Waals surface area contributed by atoms with E-state index in [1.165, 1.54) is 33.1 Å². The highest BCUT2D eigenvalue weighted by Crippen LogP contribution is 2.57. The average Bonchev–Trinajstić information content (AvgIpc) is 3.22. The lowest BCUT2D eigenvalue weighted by Crippen LogP contribution is -2.65. The number of carbonyl (C=O) groups excluding carboxylic acids is 4. The van der Waals surface area contributed by atoms with Crippen LogP contribution in [0.15, 0.2) is 24.3 Å². The largest absolute Gasteiger partial charge is 0.507 e. The van der Waals surface area contributed by atoms with Crippen molar-refractivity contribution in [2.24, 2.45) is 0 Å². The van der Waals surface area contributed by atoms with E-state index in [9.17, 15) is 60.0 Å². The van der Waals surface area contributed by atoms with Crippen molar-refractivity contribution in [3.8, 4) is 34.1 Å². The van der Waals surface area contributed by atoms with Crippen molar-refractivity contribution in [1.29, 1.82) is 0 Å². The van der Waals surface area contributed by atoms with Crippen LogP contribution in [0.4, 0.5) is 0 Å². The van der Waals surface area contributed by atoms with Crippen molar-refractivity contribution in [1.82, 2.24) is 10.6 Å². The molecule has 2 fully saturated rings. The second-order valence-electron chi connectivity index (χ2n) is 15.3. The number of likely N-dealkylation sites (N-methyl/N-ethyl adjacent to an activating group) is 1. The van der Waals surface area contributed by atoms with Crippen LogP contribution in [-0.2, 0) is 28.5 Å². The summed E-state index contributed by atoms with van der Waals surface area (Å²) in [5.74, 6) is -5.84. The van der Waals surface area contributed by atoms with Crippen LogP contribution in [0, 0.1) is 6.92 Å². The zero-order valence-corrected chi connectivity index (χ0v) is 33.6. The number of nitrogens with one attached hydrogen (secondary N) is 2. The molecule has 3 aromatic rings. The molecule has 0 spiro atoms. The van der Waals surface area contributed by atoms with Crippen LogP contribution in [0.25, 0.3) is 11.1 Å². The number of benzene rings is 3. The summed E-state index contributed by atoms with van der Waals surface area (Å²) in [6.45, 7) is 3.97. The lowest BCUT2D eigenvalue weighted by Gasteiger charge is -2.47. The fraction of sp³-hybridized carbons (Fsp3) is 0.463. The van der Waals surface area contributed by atoms with Crippen molar-refractivity contribution in [2.75, 3.05) is 27.9 Å². The monoisotopic (exact) mass is 854 g/mol. The Balaban J connectivity index is 1.37. The number of rotatable bonds is 9. The summed E-state index contributed by atoms with van der Waals surface area (Å²) in [5.41, 5.74) is -3.08. The molecule has 7 rings (SSSR count). The van der Waals surface area contributed by atoms with Gasteiger partial charge in [-0.25, -0.2) is 4.79 Å². The van der Waals surface area contributed by atoms with Crippen molar-refractivity contribution in [2.45, 2.75) is 94.3 Å². The van der Waals surface area contributed by atoms with Crippen molar-refractivity contribution in [3.63, 3.8) is 0 Å². The van der Waals surface area contributed by atoms with Gasteiger partial charge in [-0.15, -0.1) is 0 Å². The maximum atomic E-state index is 14.1. The SMILES string of the molecule is CNC1C(C)OC(OC2c3cc(C)c(C(=O)N[C@H](C)C(=O)OC)c(O)c3-c3c(cc4c(c3O)C(=O)c3cc(OC)cc(O)c3C4=O)C2O)C(O)C1OC1OCC(O)C(O)C1O. The van der Waals surface area contributed by atoms with E-state index in [0.717, 1.165) is 19.2 Å². The fourth-order valence-corrected chi connectivity index (χ4v) is 8.47. The summed E-state index contributed by atoms with van der Waals surface area (Å²) in [5, 5.41) is 95.3. The molecule has 10 N–H and O–H groups in total. The molecule has 2 saturated heterocycles. The number of hydrogen-bond donors (Lipinski definition) is 10. The van der Waals surface area contributed by atoms with Gasteiger partial charge in [-0.1, -0.05) is 6.07 Å². The van der Waals surface area contributed by atoms with E-state index >= 15 is 0 Å².